The average molecular weight is 316 g/mol. The molecule has 0 N–H and O–H groups in total. The van der Waals surface area contributed by atoms with Gasteiger partial charge in [0.2, 0.25) is 5.91 Å². The number of carbonyl (C=O) groups excluding carboxylic acids is 1. The Balaban J connectivity index is 1.70. The Bertz CT molecular complexity index is 837. The number of benzene rings is 2. The Morgan fingerprint density at radius 1 is 1.08 bits per heavy atom. The Morgan fingerprint density at radius 3 is 2.42 bits per heavy atom. The fourth-order valence-corrected chi connectivity index (χ4v) is 3.45. The molecule has 2 aromatic carbocycles. The summed E-state index contributed by atoms with van der Waals surface area (Å²) < 4.78 is 6.01. The molecule has 0 radical (unpaired) electrons. The molecule has 2 heterocycles. The van der Waals surface area contributed by atoms with E-state index in [-0.39, 0.29) is 18.1 Å². The summed E-state index contributed by atoms with van der Waals surface area (Å²) in [7, 11) is 0. The first-order chi connectivity index (χ1) is 11.8. The molecule has 24 heavy (non-hydrogen) atoms. The van der Waals surface area contributed by atoms with E-state index in [4.69, 9.17) is 4.74 Å². The summed E-state index contributed by atoms with van der Waals surface area (Å²) in [5, 5.41) is 9.69. The SMILES string of the molecule is N#CC1=C(c2ccccc2)O[C@H]2CC(=O)N(Cc3ccccc3)[C@@H]12. The Morgan fingerprint density at radius 2 is 1.75 bits per heavy atom. The van der Waals surface area contributed by atoms with Crippen molar-refractivity contribution in [2.24, 2.45) is 0 Å². The van der Waals surface area contributed by atoms with Crippen LogP contribution in [0.25, 0.3) is 5.76 Å². The molecule has 2 aliphatic rings. The molecule has 2 atom stereocenters. The first-order valence-electron chi connectivity index (χ1n) is 7.97. The van der Waals surface area contributed by atoms with Crippen molar-refractivity contribution in [2.45, 2.75) is 25.1 Å². The maximum Gasteiger partial charge on any atom is 0.227 e. The smallest absolute Gasteiger partial charge is 0.227 e. The number of hydrogen-bond donors (Lipinski definition) is 0. The quantitative estimate of drug-likeness (QED) is 0.874. The fourth-order valence-electron chi connectivity index (χ4n) is 3.45. The van der Waals surface area contributed by atoms with Crippen molar-refractivity contribution in [3.8, 4) is 6.07 Å². The van der Waals surface area contributed by atoms with Gasteiger partial charge in [-0.15, -0.1) is 0 Å². The average Bonchev–Trinajstić information content (AvgIpc) is 3.12. The molecule has 1 amide bonds. The maximum atomic E-state index is 12.4. The monoisotopic (exact) mass is 316 g/mol. The highest BCUT2D eigenvalue weighted by atomic mass is 16.5. The molecule has 2 aliphatic heterocycles. The summed E-state index contributed by atoms with van der Waals surface area (Å²) in [6.45, 7) is 0.497. The second-order valence-corrected chi connectivity index (χ2v) is 6.03. The van der Waals surface area contributed by atoms with Gasteiger partial charge in [-0.3, -0.25) is 4.79 Å². The van der Waals surface area contributed by atoms with Gasteiger partial charge >= 0.3 is 0 Å². The van der Waals surface area contributed by atoms with Gasteiger partial charge in [0.25, 0.3) is 0 Å². The third kappa shape index (κ3) is 2.35. The number of nitriles is 1. The van der Waals surface area contributed by atoms with Crippen LogP contribution in [0.2, 0.25) is 0 Å². The van der Waals surface area contributed by atoms with Gasteiger partial charge in [-0.05, 0) is 5.56 Å². The van der Waals surface area contributed by atoms with Crippen LogP contribution in [0.3, 0.4) is 0 Å². The number of rotatable bonds is 3. The van der Waals surface area contributed by atoms with Gasteiger partial charge in [-0.25, -0.2) is 0 Å². The van der Waals surface area contributed by atoms with Crippen molar-refractivity contribution in [2.75, 3.05) is 0 Å². The number of nitrogens with zero attached hydrogens (tertiary/aromatic N) is 2. The highest BCUT2D eigenvalue weighted by Crippen LogP contribution is 2.41. The Kier molecular flexibility index (Phi) is 3.55. The molecule has 2 aromatic rings. The molecule has 0 spiro atoms. The van der Waals surface area contributed by atoms with Gasteiger partial charge in [0, 0.05) is 12.1 Å². The highest BCUT2D eigenvalue weighted by molar-refractivity contribution is 5.84. The largest absolute Gasteiger partial charge is 0.486 e. The number of carbonyl (C=O) groups is 1. The minimum Gasteiger partial charge on any atom is -0.486 e. The highest BCUT2D eigenvalue weighted by Gasteiger charge is 2.49. The van der Waals surface area contributed by atoms with Crippen LogP contribution >= 0.6 is 0 Å². The van der Waals surface area contributed by atoms with E-state index in [0.29, 0.717) is 24.3 Å². The molecule has 1 saturated heterocycles. The van der Waals surface area contributed by atoms with E-state index in [1.807, 2.05) is 60.7 Å². The lowest BCUT2D eigenvalue weighted by Gasteiger charge is -2.23. The lowest BCUT2D eigenvalue weighted by atomic mass is 10.0. The number of likely N-dealkylation sites (tertiary alicyclic amines) is 1. The number of hydrogen-bond acceptors (Lipinski definition) is 3. The summed E-state index contributed by atoms with van der Waals surface area (Å²) in [5.74, 6) is 0.646. The van der Waals surface area contributed by atoms with Gasteiger partial charge < -0.3 is 9.64 Å². The zero-order valence-electron chi connectivity index (χ0n) is 13.1. The molecule has 4 rings (SSSR count). The first-order valence-corrected chi connectivity index (χ1v) is 7.97. The molecule has 118 valence electrons. The van der Waals surface area contributed by atoms with Crippen LogP contribution in [-0.4, -0.2) is 23.0 Å². The van der Waals surface area contributed by atoms with Gasteiger partial charge in [0.15, 0.2) is 0 Å². The second-order valence-electron chi connectivity index (χ2n) is 6.03. The van der Waals surface area contributed by atoms with Gasteiger partial charge in [-0.2, -0.15) is 5.26 Å². The van der Waals surface area contributed by atoms with Crippen LogP contribution in [0, 0.1) is 11.3 Å². The zero-order chi connectivity index (χ0) is 16.5. The molecule has 4 heteroatoms. The lowest BCUT2D eigenvalue weighted by molar-refractivity contribution is -0.129. The van der Waals surface area contributed by atoms with E-state index in [1.54, 1.807) is 4.90 Å². The van der Waals surface area contributed by atoms with E-state index < -0.39 is 0 Å². The van der Waals surface area contributed by atoms with Crippen molar-refractivity contribution in [3.63, 3.8) is 0 Å². The molecule has 0 aliphatic carbocycles. The molecular weight excluding hydrogens is 300 g/mol. The molecule has 4 nitrogen and oxygen atoms in total. The molecule has 1 fully saturated rings. The minimum absolute atomic E-state index is 0.0358. The van der Waals surface area contributed by atoms with E-state index in [0.717, 1.165) is 11.1 Å². The van der Waals surface area contributed by atoms with Crippen LogP contribution in [0.4, 0.5) is 0 Å². The second kappa shape index (κ2) is 5.86. The first kappa shape index (κ1) is 14.5. The van der Waals surface area contributed by atoms with Crippen molar-refractivity contribution in [1.82, 2.24) is 4.90 Å². The number of fused-ring (bicyclic) bond motifs is 1. The normalized spacial score (nSPS) is 22.3. The van der Waals surface area contributed by atoms with E-state index in [2.05, 4.69) is 6.07 Å². The zero-order valence-corrected chi connectivity index (χ0v) is 13.1. The third-order valence-corrected chi connectivity index (χ3v) is 4.55. The van der Waals surface area contributed by atoms with Gasteiger partial charge in [-0.1, -0.05) is 60.7 Å². The van der Waals surface area contributed by atoms with Gasteiger partial charge in [0.1, 0.15) is 24.0 Å². The number of ether oxygens (including phenoxy) is 1. The third-order valence-electron chi connectivity index (χ3n) is 4.55. The molecule has 0 aromatic heterocycles. The lowest BCUT2D eigenvalue weighted by Crippen LogP contribution is -2.35. The maximum absolute atomic E-state index is 12.4. The summed E-state index contributed by atoms with van der Waals surface area (Å²) >= 11 is 0. The van der Waals surface area contributed by atoms with Crippen LogP contribution < -0.4 is 0 Å². The van der Waals surface area contributed by atoms with E-state index >= 15 is 0 Å². The van der Waals surface area contributed by atoms with Crippen LogP contribution in [0.1, 0.15) is 17.5 Å². The molecule has 0 bridgehead atoms. The van der Waals surface area contributed by atoms with E-state index in [9.17, 15) is 10.1 Å². The van der Waals surface area contributed by atoms with Crippen LogP contribution in [-0.2, 0) is 16.1 Å². The Labute approximate surface area is 140 Å². The van der Waals surface area contributed by atoms with Crippen molar-refractivity contribution < 1.29 is 9.53 Å². The van der Waals surface area contributed by atoms with Crippen LogP contribution in [0.5, 0.6) is 0 Å². The standard InChI is InChI=1S/C20H16N2O2/c21-12-16-19-17(24-20(16)15-9-5-2-6-10-15)11-18(23)22(19)13-14-7-3-1-4-8-14/h1-10,17,19H,11,13H2/t17-,19-/m0/s1. The topological polar surface area (TPSA) is 53.3 Å². The molecule has 0 unspecified atom stereocenters. The summed E-state index contributed by atoms with van der Waals surface area (Å²) in [4.78, 5) is 14.2. The molecule has 0 saturated carbocycles. The Hall–Kier alpha value is -3.06. The van der Waals surface area contributed by atoms with E-state index in [1.165, 1.54) is 0 Å². The van der Waals surface area contributed by atoms with Crippen LogP contribution in [0.15, 0.2) is 66.2 Å². The van der Waals surface area contributed by atoms with Crippen molar-refractivity contribution >= 4 is 11.7 Å². The fraction of sp³-hybridized carbons (Fsp3) is 0.200. The summed E-state index contributed by atoms with van der Waals surface area (Å²) in [5.41, 5.74) is 2.49. The minimum atomic E-state index is -0.294. The predicted octanol–water partition coefficient (Wildman–Crippen LogP) is 3.12. The van der Waals surface area contributed by atoms with Crippen molar-refractivity contribution in [1.29, 1.82) is 5.26 Å². The predicted molar refractivity (Wildman–Crippen MR) is 89.2 cm³/mol. The van der Waals surface area contributed by atoms with Crippen molar-refractivity contribution in [3.05, 3.63) is 77.4 Å². The molecular formula is C20H16N2O2. The summed E-state index contributed by atoms with van der Waals surface area (Å²) in [6, 6.07) is 21.4. The number of amides is 1. The summed E-state index contributed by atoms with van der Waals surface area (Å²) in [6.07, 6.45) is 0.0463. The van der Waals surface area contributed by atoms with Gasteiger partial charge in [0.05, 0.1) is 12.0 Å².